The van der Waals surface area contributed by atoms with Gasteiger partial charge in [0.1, 0.15) is 0 Å². The molecule has 0 radical (unpaired) electrons. The normalized spacial score (nSPS) is 10.4. The number of aryl methyl sites for hydroxylation is 1. The van der Waals surface area contributed by atoms with Crippen molar-refractivity contribution >= 4 is 0 Å². The Hall–Kier alpha value is -1.94. The number of hydrogen-bond donors (Lipinski definition) is 1. The molecule has 2 N–H and O–H groups in total. The van der Waals surface area contributed by atoms with E-state index in [2.05, 4.69) is 5.10 Å². The van der Waals surface area contributed by atoms with E-state index in [9.17, 15) is 4.79 Å². The number of rotatable bonds is 2. The molecule has 1 aromatic heterocycles. The van der Waals surface area contributed by atoms with Gasteiger partial charge in [0.15, 0.2) is 0 Å². The Kier molecular flexibility index (Phi) is 2.83. The van der Waals surface area contributed by atoms with Gasteiger partial charge in [-0.25, -0.2) is 4.68 Å². The van der Waals surface area contributed by atoms with Crippen molar-refractivity contribution in [3.05, 3.63) is 52.3 Å². The highest BCUT2D eigenvalue weighted by atomic mass is 16.1. The molecule has 82 valence electrons. The summed E-state index contributed by atoms with van der Waals surface area (Å²) in [6, 6.07) is 11.2. The minimum atomic E-state index is -0.139. The highest BCUT2D eigenvalue weighted by Crippen LogP contribution is 2.18. The molecule has 0 spiro atoms. The summed E-state index contributed by atoms with van der Waals surface area (Å²) in [6.45, 7) is 0.313. The van der Waals surface area contributed by atoms with E-state index >= 15 is 0 Å². The first-order chi connectivity index (χ1) is 7.72. The lowest BCUT2D eigenvalue weighted by molar-refractivity contribution is 0.704. The van der Waals surface area contributed by atoms with Crippen molar-refractivity contribution in [1.29, 1.82) is 0 Å². The van der Waals surface area contributed by atoms with Crippen LogP contribution in [-0.4, -0.2) is 9.78 Å². The van der Waals surface area contributed by atoms with Crippen molar-refractivity contribution in [2.75, 3.05) is 0 Å². The molecule has 0 atom stereocenters. The SMILES string of the molecule is Cn1nc(-c2ccccc2)c(CN)cc1=O. The Bertz CT molecular complexity index is 546. The highest BCUT2D eigenvalue weighted by molar-refractivity contribution is 5.62. The maximum atomic E-state index is 11.4. The Labute approximate surface area is 93.3 Å². The molecular weight excluding hydrogens is 202 g/mol. The zero-order chi connectivity index (χ0) is 11.5. The topological polar surface area (TPSA) is 60.9 Å². The molecule has 2 rings (SSSR count). The maximum Gasteiger partial charge on any atom is 0.266 e. The number of nitrogens with two attached hydrogens (primary N) is 1. The minimum Gasteiger partial charge on any atom is -0.326 e. The summed E-state index contributed by atoms with van der Waals surface area (Å²) < 4.78 is 1.32. The van der Waals surface area contributed by atoms with Gasteiger partial charge in [0.05, 0.1) is 5.69 Å². The lowest BCUT2D eigenvalue weighted by Gasteiger charge is -2.07. The number of aromatic nitrogens is 2. The van der Waals surface area contributed by atoms with E-state index in [-0.39, 0.29) is 5.56 Å². The van der Waals surface area contributed by atoms with Gasteiger partial charge in [0, 0.05) is 25.2 Å². The van der Waals surface area contributed by atoms with Crippen molar-refractivity contribution < 1.29 is 0 Å². The monoisotopic (exact) mass is 215 g/mol. The second-order valence-electron chi connectivity index (χ2n) is 3.55. The summed E-state index contributed by atoms with van der Waals surface area (Å²) in [5, 5.41) is 4.24. The Morgan fingerprint density at radius 1 is 1.31 bits per heavy atom. The fraction of sp³-hybridized carbons (Fsp3) is 0.167. The number of benzene rings is 1. The molecule has 0 unspecified atom stereocenters. The third-order valence-corrected chi connectivity index (χ3v) is 2.44. The van der Waals surface area contributed by atoms with Gasteiger partial charge in [-0.15, -0.1) is 0 Å². The molecule has 0 aliphatic rings. The van der Waals surface area contributed by atoms with Gasteiger partial charge in [0.2, 0.25) is 0 Å². The van der Waals surface area contributed by atoms with Gasteiger partial charge in [-0.1, -0.05) is 30.3 Å². The van der Waals surface area contributed by atoms with E-state index in [0.29, 0.717) is 6.54 Å². The average molecular weight is 215 g/mol. The molecule has 0 fully saturated rings. The largest absolute Gasteiger partial charge is 0.326 e. The van der Waals surface area contributed by atoms with Gasteiger partial charge >= 0.3 is 0 Å². The van der Waals surface area contributed by atoms with E-state index in [1.165, 1.54) is 10.7 Å². The van der Waals surface area contributed by atoms with Crippen LogP contribution in [0.4, 0.5) is 0 Å². The second kappa shape index (κ2) is 4.28. The summed E-state index contributed by atoms with van der Waals surface area (Å²) >= 11 is 0. The fourth-order valence-electron chi connectivity index (χ4n) is 1.57. The first kappa shape index (κ1) is 10.6. The molecule has 0 bridgehead atoms. The van der Waals surface area contributed by atoms with E-state index < -0.39 is 0 Å². The minimum absolute atomic E-state index is 0.139. The van der Waals surface area contributed by atoms with Crippen LogP contribution < -0.4 is 11.3 Å². The predicted molar refractivity (Wildman–Crippen MR) is 62.8 cm³/mol. The molecule has 2 aromatic rings. The number of nitrogens with zero attached hydrogens (tertiary/aromatic N) is 2. The van der Waals surface area contributed by atoms with Crippen LogP contribution in [0.1, 0.15) is 5.56 Å². The number of hydrogen-bond acceptors (Lipinski definition) is 3. The third-order valence-electron chi connectivity index (χ3n) is 2.44. The van der Waals surface area contributed by atoms with Gasteiger partial charge < -0.3 is 5.73 Å². The zero-order valence-corrected chi connectivity index (χ0v) is 9.05. The fourth-order valence-corrected chi connectivity index (χ4v) is 1.57. The first-order valence-electron chi connectivity index (χ1n) is 5.05. The summed E-state index contributed by atoms with van der Waals surface area (Å²) in [5.74, 6) is 0. The molecule has 0 aliphatic carbocycles. The smallest absolute Gasteiger partial charge is 0.266 e. The molecule has 1 aromatic carbocycles. The molecule has 0 amide bonds. The second-order valence-corrected chi connectivity index (χ2v) is 3.55. The summed E-state index contributed by atoms with van der Waals surface area (Å²) in [6.07, 6.45) is 0. The molecule has 0 saturated carbocycles. The van der Waals surface area contributed by atoms with Crippen LogP contribution in [0.25, 0.3) is 11.3 Å². The molecule has 0 saturated heterocycles. The standard InChI is InChI=1S/C12H13N3O/c1-15-11(16)7-10(8-13)12(14-15)9-5-3-2-4-6-9/h2-7H,8,13H2,1H3. The van der Waals surface area contributed by atoms with Crippen molar-refractivity contribution in [3.63, 3.8) is 0 Å². The molecular formula is C12H13N3O. The lowest BCUT2D eigenvalue weighted by Crippen LogP contribution is -2.21. The van der Waals surface area contributed by atoms with Crippen molar-refractivity contribution in [3.8, 4) is 11.3 Å². The maximum absolute atomic E-state index is 11.4. The van der Waals surface area contributed by atoms with Crippen LogP contribution in [0.15, 0.2) is 41.2 Å². The van der Waals surface area contributed by atoms with E-state index in [0.717, 1.165) is 16.8 Å². The summed E-state index contributed by atoms with van der Waals surface area (Å²) in [5.41, 5.74) is 7.99. The Morgan fingerprint density at radius 2 is 2.00 bits per heavy atom. The molecule has 16 heavy (non-hydrogen) atoms. The first-order valence-corrected chi connectivity index (χ1v) is 5.05. The van der Waals surface area contributed by atoms with Crippen LogP contribution in [0.5, 0.6) is 0 Å². The van der Waals surface area contributed by atoms with Crippen LogP contribution in [0.3, 0.4) is 0 Å². The van der Waals surface area contributed by atoms with E-state index in [1.807, 2.05) is 30.3 Å². The summed E-state index contributed by atoms with van der Waals surface area (Å²) in [7, 11) is 1.63. The Balaban J connectivity index is 2.65. The van der Waals surface area contributed by atoms with Gasteiger partial charge in [-0.3, -0.25) is 4.79 Å². The molecule has 4 nitrogen and oxygen atoms in total. The molecule has 4 heteroatoms. The highest BCUT2D eigenvalue weighted by Gasteiger charge is 2.07. The van der Waals surface area contributed by atoms with Crippen molar-refractivity contribution in [2.45, 2.75) is 6.54 Å². The van der Waals surface area contributed by atoms with Crippen molar-refractivity contribution in [2.24, 2.45) is 12.8 Å². The van der Waals surface area contributed by atoms with Crippen molar-refractivity contribution in [1.82, 2.24) is 9.78 Å². The predicted octanol–water partition coefficient (Wildman–Crippen LogP) is 0.906. The van der Waals surface area contributed by atoms with E-state index in [4.69, 9.17) is 5.73 Å². The van der Waals surface area contributed by atoms with Crippen LogP contribution in [0, 0.1) is 0 Å². The average Bonchev–Trinajstić information content (AvgIpc) is 2.33. The molecule has 1 heterocycles. The zero-order valence-electron chi connectivity index (χ0n) is 9.05. The molecule has 0 aliphatic heterocycles. The van der Waals surface area contributed by atoms with Gasteiger partial charge in [0.25, 0.3) is 5.56 Å². The quantitative estimate of drug-likeness (QED) is 0.809. The Morgan fingerprint density at radius 3 is 2.62 bits per heavy atom. The summed E-state index contributed by atoms with van der Waals surface area (Å²) in [4.78, 5) is 11.4. The van der Waals surface area contributed by atoms with Crippen LogP contribution in [0.2, 0.25) is 0 Å². The third kappa shape index (κ3) is 1.87. The van der Waals surface area contributed by atoms with Gasteiger partial charge in [-0.05, 0) is 5.56 Å². The van der Waals surface area contributed by atoms with Crippen LogP contribution in [-0.2, 0) is 13.6 Å². The van der Waals surface area contributed by atoms with Gasteiger partial charge in [-0.2, -0.15) is 5.10 Å². The lowest BCUT2D eigenvalue weighted by atomic mass is 10.1. The van der Waals surface area contributed by atoms with E-state index in [1.54, 1.807) is 7.05 Å². The van der Waals surface area contributed by atoms with Crippen LogP contribution >= 0.6 is 0 Å².